The highest BCUT2D eigenvalue weighted by molar-refractivity contribution is 5.85. The Morgan fingerprint density at radius 1 is 1.38 bits per heavy atom. The zero-order valence-corrected chi connectivity index (χ0v) is 10.6. The first-order valence-corrected chi connectivity index (χ1v) is 5.17. The molecule has 0 saturated heterocycles. The number of rotatable bonds is 3. The van der Waals surface area contributed by atoms with Crippen LogP contribution in [-0.2, 0) is 0 Å². The van der Waals surface area contributed by atoms with Crippen molar-refractivity contribution in [2.75, 3.05) is 0 Å². The molecule has 3 N–H and O–H groups in total. The van der Waals surface area contributed by atoms with E-state index in [9.17, 15) is 9.50 Å². The number of nitrogens with two attached hydrogens (primary N) is 1. The molecule has 0 amide bonds. The third kappa shape index (κ3) is 3.35. The van der Waals surface area contributed by atoms with Crippen molar-refractivity contribution in [1.29, 1.82) is 0 Å². The number of aromatic hydroxyl groups is 1. The fourth-order valence-electron chi connectivity index (χ4n) is 1.61. The van der Waals surface area contributed by atoms with Gasteiger partial charge in [-0.25, -0.2) is 4.39 Å². The summed E-state index contributed by atoms with van der Waals surface area (Å²) in [4.78, 5) is 0. The zero-order valence-electron chi connectivity index (χ0n) is 9.83. The summed E-state index contributed by atoms with van der Waals surface area (Å²) in [6.45, 7) is 5.70. The van der Waals surface area contributed by atoms with Gasteiger partial charge in [0.1, 0.15) is 0 Å². The minimum absolute atomic E-state index is 0. The van der Waals surface area contributed by atoms with Crippen LogP contribution >= 0.6 is 12.4 Å². The molecule has 0 aliphatic rings. The van der Waals surface area contributed by atoms with Crippen molar-refractivity contribution < 1.29 is 9.50 Å². The molecule has 1 rings (SSSR count). The molecule has 0 aromatic heterocycles. The van der Waals surface area contributed by atoms with Crippen LogP contribution in [0.25, 0.3) is 0 Å². The van der Waals surface area contributed by atoms with Crippen molar-refractivity contribution in [2.24, 2.45) is 11.7 Å². The van der Waals surface area contributed by atoms with Gasteiger partial charge in [-0.05, 0) is 24.8 Å². The van der Waals surface area contributed by atoms with Crippen LogP contribution < -0.4 is 5.73 Å². The number of phenols is 1. The summed E-state index contributed by atoms with van der Waals surface area (Å²) in [7, 11) is 0. The topological polar surface area (TPSA) is 46.2 Å². The molecule has 2 nitrogen and oxygen atoms in total. The van der Waals surface area contributed by atoms with Crippen LogP contribution in [0.15, 0.2) is 12.1 Å². The van der Waals surface area contributed by atoms with Crippen molar-refractivity contribution in [2.45, 2.75) is 33.2 Å². The van der Waals surface area contributed by atoms with Crippen LogP contribution in [0.2, 0.25) is 0 Å². The molecule has 16 heavy (non-hydrogen) atoms. The zero-order chi connectivity index (χ0) is 11.6. The van der Waals surface area contributed by atoms with Crippen molar-refractivity contribution in [3.8, 4) is 5.75 Å². The molecule has 4 heteroatoms. The molecule has 1 aromatic carbocycles. The first-order chi connectivity index (χ1) is 6.93. The van der Waals surface area contributed by atoms with Gasteiger partial charge in [-0.3, -0.25) is 0 Å². The molecule has 0 radical (unpaired) electrons. The Balaban J connectivity index is 0.00000225. The molecule has 0 aliphatic carbocycles. The summed E-state index contributed by atoms with van der Waals surface area (Å²) < 4.78 is 13.4. The average Bonchev–Trinajstić information content (AvgIpc) is 2.13. The fourth-order valence-corrected chi connectivity index (χ4v) is 1.61. The molecule has 0 saturated carbocycles. The Kier molecular flexibility index (Phi) is 5.76. The number of hydrogen-bond donors (Lipinski definition) is 2. The van der Waals surface area contributed by atoms with Gasteiger partial charge in [-0.1, -0.05) is 26.0 Å². The van der Waals surface area contributed by atoms with E-state index in [0.717, 1.165) is 6.42 Å². The summed E-state index contributed by atoms with van der Waals surface area (Å²) in [6, 6.07) is 3.03. The largest absolute Gasteiger partial charge is 0.505 e. The lowest BCUT2D eigenvalue weighted by Gasteiger charge is -2.16. The smallest absolute Gasteiger partial charge is 0.168 e. The first-order valence-electron chi connectivity index (χ1n) is 5.17. The van der Waals surface area contributed by atoms with Gasteiger partial charge in [-0.15, -0.1) is 12.4 Å². The van der Waals surface area contributed by atoms with E-state index in [2.05, 4.69) is 0 Å². The quantitative estimate of drug-likeness (QED) is 0.861. The highest BCUT2D eigenvalue weighted by Gasteiger charge is 2.16. The molecule has 92 valence electrons. The van der Waals surface area contributed by atoms with Gasteiger partial charge in [-0.2, -0.15) is 0 Å². The molecule has 1 aromatic rings. The highest BCUT2D eigenvalue weighted by atomic mass is 35.5. The Morgan fingerprint density at radius 2 is 1.94 bits per heavy atom. The molecular formula is C12H19ClFNO. The molecule has 0 heterocycles. The molecule has 1 atom stereocenters. The van der Waals surface area contributed by atoms with E-state index in [1.807, 2.05) is 13.8 Å². The Bertz CT molecular complexity index is 355. The molecule has 0 spiro atoms. The Labute approximate surface area is 102 Å². The summed E-state index contributed by atoms with van der Waals surface area (Å²) in [5.74, 6) is -0.446. The van der Waals surface area contributed by atoms with Crippen LogP contribution in [0, 0.1) is 18.7 Å². The maximum atomic E-state index is 13.4. The maximum absolute atomic E-state index is 13.4. The van der Waals surface area contributed by atoms with Gasteiger partial charge in [0.25, 0.3) is 0 Å². The third-order valence-electron chi connectivity index (χ3n) is 2.47. The summed E-state index contributed by atoms with van der Waals surface area (Å²) in [5, 5.41) is 9.61. The van der Waals surface area contributed by atoms with Crippen molar-refractivity contribution >= 4 is 12.4 Å². The molecule has 0 unspecified atom stereocenters. The number of benzene rings is 1. The second kappa shape index (κ2) is 6.06. The summed E-state index contributed by atoms with van der Waals surface area (Å²) in [6.07, 6.45) is 0.732. The number of hydrogen-bond acceptors (Lipinski definition) is 2. The first kappa shape index (κ1) is 15.2. The standard InChI is InChI=1S/C12H18FNO.ClH/c1-7(2)6-10(14)9-5-4-8(3)11(13)12(9)15;/h4-5,7,10,15H,6,14H2,1-3H3;1H/t10-;/m0./s1. The van der Waals surface area contributed by atoms with E-state index in [1.165, 1.54) is 0 Å². The lowest BCUT2D eigenvalue weighted by molar-refractivity contribution is 0.409. The van der Waals surface area contributed by atoms with E-state index >= 15 is 0 Å². The second-order valence-electron chi connectivity index (χ2n) is 4.37. The van der Waals surface area contributed by atoms with Gasteiger partial charge < -0.3 is 10.8 Å². The summed E-state index contributed by atoms with van der Waals surface area (Å²) in [5.41, 5.74) is 6.82. The highest BCUT2D eigenvalue weighted by Crippen LogP contribution is 2.30. The number of aryl methyl sites for hydroxylation is 1. The van der Waals surface area contributed by atoms with E-state index < -0.39 is 5.82 Å². The van der Waals surface area contributed by atoms with Crippen molar-refractivity contribution in [1.82, 2.24) is 0 Å². The lowest BCUT2D eigenvalue weighted by atomic mass is 9.96. The van der Waals surface area contributed by atoms with E-state index in [-0.39, 0.29) is 24.2 Å². The SMILES string of the molecule is Cc1ccc([C@@H](N)CC(C)C)c(O)c1F.Cl. The minimum Gasteiger partial charge on any atom is -0.505 e. The van der Waals surface area contributed by atoms with Crippen LogP contribution in [0.3, 0.4) is 0 Å². The van der Waals surface area contributed by atoms with Gasteiger partial charge in [0, 0.05) is 11.6 Å². The molecular weight excluding hydrogens is 229 g/mol. The molecule has 0 fully saturated rings. The van der Waals surface area contributed by atoms with Gasteiger partial charge in [0.15, 0.2) is 11.6 Å². The normalized spacial score (nSPS) is 12.4. The van der Waals surface area contributed by atoms with Crippen molar-refractivity contribution in [3.63, 3.8) is 0 Å². The van der Waals surface area contributed by atoms with Crippen LogP contribution in [0.4, 0.5) is 4.39 Å². The molecule has 0 bridgehead atoms. The number of phenolic OH excluding ortho intramolecular Hbond substituents is 1. The summed E-state index contributed by atoms with van der Waals surface area (Å²) >= 11 is 0. The third-order valence-corrected chi connectivity index (χ3v) is 2.47. The predicted molar refractivity (Wildman–Crippen MR) is 66.4 cm³/mol. The monoisotopic (exact) mass is 247 g/mol. The van der Waals surface area contributed by atoms with E-state index in [1.54, 1.807) is 19.1 Å². The predicted octanol–water partition coefficient (Wildman–Crippen LogP) is 3.31. The lowest BCUT2D eigenvalue weighted by Crippen LogP contribution is -2.13. The van der Waals surface area contributed by atoms with Crippen molar-refractivity contribution in [3.05, 3.63) is 29.1 Å². The van der Waals surface area contributed by atoms with E-state index in [0.29, 0.717) is 17.0 Å². The van der Waals surface area contributed by atoms with Gasteiger partial charge >= 0.3 is 0 Å². The Hall–Kier alpha value is -0.800. The van der Waals surface area contributed by atoms with Gasteiger partial charge in [0.2, 0.25) is 0 Å². The Morgan fingerprint density at radius 3 is 2.44 bits per heavy atom. The minimum atomic E-state index is -0.563. The average molecular weight is 248 g/mol. The number of halogens is 2. The van der Waals surface area contributed by atoms with Gasteiger partial charge in [0.05, 0.1) is 0 Å². The van der Waals surface area contributed by atoms with Crippen LogP contribution in [-0.4, -0.2) is 5.11 Å². The molecule has 0 aliphatic heterocycles. The fraction of sp³-hybridized carbons (Fsp3) is 0.500. The van der Waals surface area contributed by atoms with Crippen LogP contribution in [0.1, 0.15) is 37.4 Å². The maximum Gasteiger partial charge on any atom is 0.168 e. The second-order valence-corrected chi connectivity index (χ2v) is 4.37. The van der Waals surface area contributed by atoms with E-state index in [4.69, 9.17) is 5.73 Å². The van der Waals surface area contributed by atoms with Crippen LogP contribution in [0.5, 0.6) is 5.75 Å².